The molecule has 0 fully saturated rings. The molecule has 0 aliphatic heterocycles. The predicted octanol–water partition coefficient (Wildman–Crippen LogP) is 1.02. The molecule has 0 bridgehead atoms. The lowest BCUT2D eigenvalue weighted by atomic mass is 10.3. The second kappa shape index (κ2) is 4.06. The molecule has 2 rings (SSSR count). The third kappa shape index (κ3) is 1.94. The maximum absolute atomic E-state index is 13.2. The fraction of sp³-hybridized carbons (Fsp3) is 0. The molecule has 1 aromatic heterocycles. The average molecular weight is 257 g/mol. The lowest BCUT2D eigenvalue weighted by Gasteiger charge is -2.07. The van der Waals surface area contributed by atoms with Crippen LogP contribution in [-0.2, 0) is 0 Å². The van der Waals surface area contributed by atoms with Crippen LogP contribution in [-0.4, -0.2) is 14.7 Å². The Labute approximate surface area is 98.7 Å². The van der Waals surface area contributed by atoms with E-state index in [4.69, 9.17) is 11.6 Å². The second-order valence-electron chi connectivity index (χ2n) is 3.21. The molecule has 17 heavy (non-hydrogen) atoms. The number of rotatable bonds is 1. The van der Waals surface area contributed by atoms with Crippen molar-refractivity contribution in [3.63, 3.8) is 0 Å². The highest BCUT2D eigenvalue weighted by atomic mass is 35.5. The van der Waals surface area contributed by atoms with Gasteiger partial charge in [-0.1, -0.05) is 17.7 Å². The number of benzene rings is 1. The van der Waals surface area contributed by atoms with Crippen molar-refractivity contribution in [3.05, 3.63) is 55.9 Å². The Morgan fingerprint density at radius 2 is 2.06 bits per heavy atom. The summed E-state index contributed by atoms with van der Waals surface area (Å²) in [6.07, 6.45) is 0. The summed E-state index contributed by atoms with van der Waals surface area (Å²) in [6.45, 7) is 0. The molecule has 1 heterocycles. The van der Waals surface area contributed by atoms with Gasteiger partial charge < -0.3 is 5.11 Å². The first kappa shape index (κ1) is 11.4. The highest BCUT2D eigenvalue weighted by Gasteiger charge is 2.14. The Bertz CT molecular complexity index is 693. The van der Waals surface area contributed by atoms with Gasteiger partial charge in [0.15, 0.2) is 0 Å². The molecule has 7 heteroatoms. The van der Waals surface area contributed by atoms with Crippen molar-refractivity contribution < 1.29 is 9.50 Å². The number of H-pyrrole nitrogens is 1. The normalized spacial score (nSPS) is 10.5. The molecule has 0 atom stereocenters. The molecule has 5 nitrogen and oxygen atoms in total. The zero-order valence-corrected chi connectivity index (χ0v) is 9.03. The van der Waals surface area contributed by atoms with E-state index in [1.54, 1.807) is 11.1 Å². The Balaban J connectivity index is 2.81. The van der Waals surface area contributed by atoms with E-state index < -0.39 is 22.9 Å². The summed E-state index contributed by atoms with van der Waals surface area (Å²) in [5.74, 6) is -2.48. The number of aromatic amines is 1. The molecule has 0 saturated carbocycles. The maximum atomic E-state index is 13.2. The molecular formula is C10H6ClFN2O3. The summed E-state index contributed by atoms with van der Waals surface area (Å²) in [7, 11) is 0. The topological polar surface area (TPSA) is 75.1 Å². The first-order chi connectivity index (χ1) is 8.00. The SMILES string of the molecule is O=c1[nH]c(=O)n(-c2cccc(Cl)c2)c(O)c1F. The van der Waals surface area contributed by atoms with Crippen LogP contribution in [0.15, 0.2) is 33.9 Å². The summed E-state index contributed by atoms with van der Waals surface area (Å²) < 4.78 is 13.8. The smallest absolute Gasteiger partial charge is 0.335 e. The number of hydrogen-bond acceptors (Lipinski definition) is 3. The summed E-state index contributed by atoms with van der Waals surface area (Å²) in [5.41, 5.74) is -2.07. The van der Waals surface area contributed by atoms with Gasteiger partial charge in [0.2, 0.25) is 11.7 Å². The van der Waals surface area contributed by atoms with E-state index in [9.17, 15) is 19.1 Å². The monoisotopic (exact) mass is 256 g/mol. The fourth-order valence-corrected chi connectivity index (χ4v) is 1.54. The van der Waals surface area contributed by atoms with Crippen LogP contribution >= 0.6 is 11.6 Å². The molecule has 0 amide bonds. The highest BCUT2D eigenvalue weighted by Crippen LogP contribution is 2.18. The molecule has 0 radical (unpaired) electrons. The van der Waals surface area contributed by atoms with E-state index in [2.05, 4.69) is 0 Å². The van der Waals surface area contributed by atoms with Gasteiger partial charge in [0.1, 0.15) is 0 Å². The molecule has 88 valence electrons. The molecule has 2 N–H and O–H groups in total. The van der Waals surface area contributed by atoms with E-state index in [0.29, 0.717) is 9.59 Å². The van der Waals surface area contributed by atoms with E-state index in [0.717, 1.165) is 0 Å². The first-order valence-corrected chi connectivity index (χ1v) is 4.88. The van der Waals surface area contributed by atoms with Crippen LogP contribution in [0.3, 0.4) is 0 Å². The van der Waals surface area contributed by atoms with Crippen LogP contribution in [0.1, 0.15) is 0 Å². The van der Waals surface area contributed by atoms with Crippen molar-refractivity contribution in [3.8, 4) is 11.6 Å². The summed E-state index contributed by atoms with van der Waals surface area (Å²) in [4.78, 5) is 24.1. The van der Waals surface area contributed by atoms with E-state index in [1.807, 2.05) is 0 Å². The van der Waals surface area contributed by atoms with Gasteiger partial charge in [0.05, 0.1) is 5.69 Å². The van der Waals surface area contributed by atoms with Crippen molar-refractivity contribution in [2.75, 3.05) is 0 Å². The number of hydrogen-bond donors (Lipinski definition) is 2. The Hall–Kier alpha value is -2.08. The molecule has 0 saturated heterocycles. The third-order valence-electron chi connectivity index (χ3n) is 2.10. The quantitative estimate of drug-likeness (QED) is 0.800. The number of aromatic hydroxyl groups is 1. The van der Waals surface area contributed by atoms with Gasteiger partial charge in [0.25, 0.3) is 5.56 Å². The molecule has 0 aliphatic rings. The van der Waals surface area contributed by atoms with Crippen molar-refractivity contribution in [2.45, 2.75) is 0 Å². The van der Waals surface area contributed by atoms with Crippen molar-refractivity contribution >= 4 is 11.6 Å². The Morgan fingerprint density at radius 1 is 1.35 bits per heavy atom. The van der Waals surface area contributed by atoms with Gasteiger partial charge in [-0.25, -0.2) is 9.36 Å². The molecule has 2 aromatic rings. The van der Waals surface area contributed by atoms with Crippen LogP contribution in [0.4, 0.5) is 4.39 Å². The van der Waals surface area contributed by atoms with Gasteiger partial charge in [-0.3, -0.25) is 9.78 Å². The number of aromatic nitrogens is 2. The number of halogens is 2. The van der Waals surface area contributed by atoms with Crippen LogP contribution in [0.25, 0.3) is 5.69 Å². The van der Waals surface area contributed by atoms with Crippen molar-refractivity contribution in [2.24, 2.45) is 0 Å². The fourth-order valence-electron chi connectivity index (χ4n) is 1.36. The molecule has 0 spiro atoms. The minimum Gasteiger partial charge on any atom is -0.492 e. The standard InChI is InChI=1S/C10H6ClFN2O3/c11-5-2-1-3-6(4-5)14-9(16)7(12)8(15)13-10(14)17/h1-4,16H,(H,13,15,17). The largest absolute Gasteiger partial charge is 0.492 e. The summed E-state index contributed by atoms with van der Waals surface area (Å²) in [5, 5.41) is 9.73. The van der Waals surface area contributed by atoms with Crippen molar-refractivity contribution in [1.29, 1.82) is 0 Å². The number of nitrogens with zero attached hydrogens (tertiary/aromatic N) is 1. The molecule has 0 unspecified atom stereocenters. The number of nitrogens with one attached hydrogen (secondary N) is 1. The highest BCUT2D eigenvalue weighted by molar-refractivity contribution is 6.30. The summed E-state index contributed by atoms with van der Waals surface area (Å²) in [6, 6.07) is 5.85. The molecular weight excluding hydrogens is 251 g/mol. The minimum atomic E-state index is -1.43. The second-order valence-corrected chi connectivity index (χ2v) is 3.65. The van der Waals surface area contributed by atoms with Gasteiger partial charge >= 0.3 is 5.69 Å². The third-order valence-corrected chi connectivity index (χ3v) is 2.33. The average Bonchev–Trinajstić information content (AvgIpc) is 2.26. The summed E-state index contributed by atoms with van der Waals surface area (Å²) >= 11 is 5.71. The zero-order chi connectivity index (χ0) is 12.6. The lowest BCUT2D eigenvalue weighted by Crippen LogP contribution is -2.30. The van der Waals surface area contributed by atoms with Crippen LogP contribution in [0, 0.1) is 5.82 Å². The van der Waals surface area contributed by atoms with E-state index >= 15 is 0 Å². The van der Waals surface area contributed by atoms with Crippen LogP contribution in [0.2, 0.25) is 5.02 Å². The molecule has 0 aliphatic carbocycles. The van der Waals surface area contributed by atoms with Gasteiger partial charge in [-0.15, -0.1) is 0 Å². The lowest BCUT2D eigenvalue weighted by molar-refractivity contribution is 0.386. The Morgan fingerprint density at radius 3 is 2.71 bits per heavy atom. The Kier molecular flexibility index (Phi) is 2.72. The molecule has 1 aromatic carbocycles. The zero-order valence-electron chi connectivity index (χ0n) is 8.28. The van der Waals surface area contributed by atoms with Crippen LogP contribution < -0.4 is 11.2 Å². The maximum Gasteiger partial charge on any atom is 0.335 e. The van der Waals surface area contributed by atoms with Gasteiger partial charge in [-0.05, 0) is 18.2 Å². The predicted molar refractivity (Wildman–Crippen MR) is 59.3 cm³/mol. The van der Waals surface area contributed by atoms with Gasteiger partial charge in [-0.2, -0.15) is 4.39 Å². The van der Waals surface area contributed by atoms with Gasteiger partial charge in [0, 0.05) is 5.02 Å². The van der Waals surface area contributed by atoms with Crippen molar-refractivity contribution in [1.82, 2.24) is 9.55 Å². The van der Waals surface area contributed by atoms with E-state index in [1.165, 1.54) is 18.2 Å². The minimum absolute atomic E-state index is 0.148. The first-order valence-electron chi connectivity index (χ1n) is 4.50. The van der Waals surface area contributed by atoms with Crippen LogP contribution in [0.5, 0.6) is 5.88 Å². The van der Waals surface area contributed by atoms with E-state index in [-0.39, 0.29) is 5.69 Å².